The first-order chi connectivity index (χ1) is 3.70. The second-order valence-corrected chi connectivity index (χ2v) is 1.62. The van der Waals surface area contributed by atoms with E-state index < -0.39 is 17.9 Å². The molecule has 1 amide bonds. The van der Waals surface area contributed by atoms with Gasteiger partial charge in [0.05, 0.1) is 6.42 Å². The summed E-state index contributed by atoms with van der Waals surface area (Å²) in [6.07, 6.45) is -1.03. The van der Waals surface area contributed by atoms with Crippen LogP contribution in [0.4, 0.5) is 0 Å². The molecule has 0 aromatic rings. The van der Waals surface area contributed by atoms with Crippen molar-refractivity contribution >= 4 is 11.7 Å². The zero-order valence-electron chi connectivity index (χ0n) is 4.05. The molecule has 0 aromatic carbocycles. The van der Waals surface area contributed by atoms with Crippen LogP contribution < -0.4 is 5.32 Å². The molecule has 4 heteroatoms. The molecule has 1 saturated heterocycles. The summed E-state index contributed by atoms with van der Waals surface area (Å²) in [6.45, 7) is 0. The van der Waals surface area contributed by atoms with Crippen LogP contribution in [0.2, 0.25) is 0 Å². The van der Waals surface area contributed by atoms with Gasteiger partial charge in [0.25, 0.3) is 5.91 Å². The van der Waals surface area contributed by atoms with E-state index in [4.69, 9.17) is 5.11 Å². The molecule has 8 heavy (non-hydrogen) atoms. The third-order valence-electron chi connectivity index (χ3n) is 0.930. The minimum absolute atomic E-state index is 0.0845. The van der Waals surface area contributed by atoms with Crippen molar-refractivity contribution in [1.82, 2.24) is 5.32 Å². The second-order valence-electron chi connectivity index (χ2n) is 1.62. The fraction of sp³-hybridized carbons (Fsp3) is 0.500. The van der Waals surface area contributed by atoms with Crippen LogP contribution in [0, 0.1) is 0 Å². The predicted molar refractivity (Wildman–Crippen MR) is 23.8 cm³/mol. The van der Waals surface area contributed by atoms with Crippen molar-refractivity contribution in [3.8, 4) is 0 Å². The first-order valence-electron chi connectivity index (χ1n) is 2.22. The lowest BCUT2D eigenvalue weighted by Crippen LogP contribution is -2.25. The lowest BCUT2D eigenvalue weighted by atomic mass is 10.3. The number of hydrogen-bond acceptors (Lipinski definition) is 3. The van der Waals surface area contributed by atoms with Crippen LogP contribution in [-0.4, -0.2) is 23.0 Å². The minimum Gasteiger partial charge on any atom is -0.373 e. The van der Waals surface area contributed by atoms with Crippen LogP contribution in [0.5, 0.6) is 0 Å². The lowest BCUT2D eigenvalue weighted by molar-refractivity contribution is -0.135. The van der Waals surface area contributed by atoms with E-state index in [0.717, 1.165) is 0 Å². The number of carbonyl (C=O) groups excluding carboxylic acids is 2. The number of hydrogen-bond donors (Lipinski definition) is 2. The van der Waals surface area contributed by atoms with E-state index in [1.54, 1.807) is 0 Å². The van der Waals surface area contributed by atoms with Gasteiger partial charge < -0.3 is 10.4 Å². The van der Waals surface area contributed by atoms with E-state index in [2.05, 4.69) is 0 Å². The highest BCUT2D eigenvalue weighted by molar-refractivity contribution is 6.38. The largest absolute Gasteiger partial charge is 0.373 e. The van der Waals surface area contributed by atoms with E-state index in [0.29, 0.717) is 0 Å². The third-order valence-corrected chi connectivity index (χ3v) is 0.930. The van der Waals surface area contributed by atoms with Crippen molar-refractivity contribution in [2.24, 2.45) is 0 Å². The number of nitrogens with one attached hydrogen (secondary N) is 1. The van der Waals surface area contributed by atoms with Crippen molar-refractivity contribution in [3.63, 3.8) is 0 Å². The molecule has 0 spiro atoms. The van der Waals surface area contributed by atoms with Crippen molar-refractivity contribution < 1.29 is 14.7 Å². The Labute approximate surface area is 45.5 Å². The average molecular weight is 115 g/mol. The molecule has 4 nitrogen and oxygen atoms in total. The van der Waals surface area contributed by atoms with Gasteiger partial charge >= 0.3 is 0 Å². The topological polar surface area (TPSA) is 66.4 Å². The second kappa shape index (κ2) is 1.56. The SMILES string of the molecule is O=C1CC(O)NC1=O. The zero-order chi connectivity index (χ0) is 6.15. The first kappa shape index (κ1) is 5.24. The van der Waals surface area contributed by atoms with Crippen molar-refractivity contribution in [3.05, 3.63) is 0 Å². The summed E-state index contributed by atoms with van der Waals surface area (Å²) in [6, 6.07) is 0. The fourth-order valence-electron chi connectivity index (χ4n) is 0.551. The molecule has 1 unspecified atom stereocenters. The summed E-state index contributed by atoms with van der Waals surface area (Å²) >= 11 is 0. The number of rotatable bonds is 0. The maximum Gasteiger partial charge on any atom is 0.289 e. The highest BCUT2D eigenvalue weighted by Crippen LogP contribution is 1.97. The fourth-order valence-corrected chi connectivity index (χ4v) is 0.551. The van der Waals surface area contributed by atoms with Gasteiger partial charge in [-0.15, -0.1) is 0 Å². The Morgan fingerprint density at radius 2 is 2.25 bits per heavy atom. The Kier molecular flexibility index (Phi) is 1.02. The molecular formula is C4H5NO3. The number of ketones is 1. The molecule has 44 valence electrons. The molecule has 2 N–H and O–H groups in total. The molecule has 0 aromatic heterocycles. The maximum absolute atomic E-state index is 10.2. The number of aliphatic hydroxyl groups is 1. The molecule has 1 fully saturated rings. The van der Waals surface area contributed by atoms with Gasteiger partial charge in [-0.25, -0.2) is 0 Å². The van der Waals surface area contributed by atoms with Gasteiger partial charge in [0.15, 0.2) is 0 Å². The first-order valence-corrected chi connectivity index (χ1v) is 2.22. The maximum atomic E-state index is 10.2. The van der Waals surface area contributed by atoms with Crippen LogP contribution in [-0.2, 0) is 9.59 Å². The monoisotopic (exact) mass is 115 g/mol. The van der Waals surface area contributed by atoms with Gasteiger partial charge in [-0.3, -0.25) is 9.59 Å². The van der Waals surface area contributed by atoms with Gasteiger partial charge in [0.1, 0.15) is 6.23 Å². The van der Waals surface area contributed by atoms with Crippen molar-refractivity contribution in [2.75, 3.05) is 0 Å². The molecule has 0 saturated carbocycles. The third kappa shape index (κ3) is 0.696. The Hall–Kier alpha value is -0.900. The zero-order valence-corrected chi connectivity index (χ0v) is 4.05. The predicted octanol–water partition coefficient (Wildman–Crippen LogP) is -1.61. The Morgan fingerprint density at radius 1 is 1.62 bits per heavy atom. The summed E-state index contributed by atoms with van der Waals surface area (Å²) in [5.74, 6) is -1.23. The van der Waals surface area contributed by atoms with E-state index in [1.807, 2.05) is 5.32 Å². The molecule has 1 aliphatic rings. The van der Waals surface area contributed by atoms with Gasteiger partial charge in [-0.2, -0.15) is 0 Å². The molecule has 0 bridgehead atoms. The molecule has 1 rings (SSSR count). The van der Waals surface area contributed by atoms with E-state index >= 15 is 0 Å². The molecule has 1 atom stereocenters. The van der Waals surface area contributed by atoms with Crippen molar-refractivity contribution in [1.29, 1.82) is 0 Å². The van der Waals surface area contributed by atoms with Gasteiger partial charge in [0, 0.05) is 0 Å². The minimum atomic E-state index is -0.949. The van der Waals surface area contributed by atoms with Crippen LogP contribution in [0.1, 0.15) is 6.42 Å². The Morgan fingerprint density at radius 3 is 2.38 bits per heavy atom. The number of Topliss-reactive ketones (excluding diaryl/α,β-unsaturated/α-hetero) is 1. The number of amides is 1. The van der Waals surface area contributed by atoms with Crippen LogP contribution in [0.25, 0.3) is 0 Å². The lowest BCUT2D eigenvalue weighted by Gasteiger charge is -1.93. The summed E-state index contributed by atoms with van der Waals surface area (Å²) in [7, 11) is 0. The standard InChI is InChI=1S/C4H5NO3/c6-2-1-3(7)5-4(2)8/h3,7H,1H2,(H,5,8). The summed E-state index contributed by atoms with van der Waals surface area (Å²) in [5.41, 5.74) is 0. The van der Waals surface area contributed by atoms with Crippen molar-refractivity contribution in [2.45, 2.75) is 12.6 Å². The van der Waals surface area contributed by atoms with Crippen LogP contribution in [0.15, 0.2) is 0 Å². The van der Waals surface area contributed by atoms with Gasteiger partial charge in [-0.05, 0) is 0 Å². The molecule has 1 heterocycles. The summed E-state index contributed by atoms with van der Waals surface area (Å²) < 4.78 is 0. The van der Waals surface area contributed by atoms with E-state index in [9.17, 15) is 9.59 Å². The van der Waals surface area contributed by atoms with Crippen LogP contribution >= 0.6 is 0 Å². The average Bonchev–Trinajstić information content (AvgIpc) is 1.85. The van der Waals surface area contributed by atoms with E-state index in [-0.39, 0.29) is 6.42 Å². The quantitative estimate of drug-likeness (QED) is 0.373. The normalized spacial score (nSPS) is 28.4. The number of aliphatic hydroxyl groups excluding tert-OH is 1. The highest BCUT2D eigenvalue weighted by Gasteiger charge is 2.27. The number of carbonyl (C=O) groups is 2. The summed E-state index contributed by atoms with van der Waals surface area (Å²) in [5, 5.41) is 10.6. The van der Waals surface area contributed by atoms with Gasteiger partial charge in [-0.1, -0.05) is 0 Å². The summed E-state index contributed by atoms with van der Waals surface area (Å²) in [4.78, 5) is 20.4. The molecular weight excluding hydrogens is 110 g/mol. The Bertz CT molecular complexity index is 126. The Balaban J connectivity index is 2.64. The smallest absolute Gasteiger partial charge is 0.289 e. The molecule has 0 aliphatic carbocycles. The van der Waals surface area contributed by atoms with E-state index in [1.165, 1.54) is 0 Å². The molecule has 0 radical (unpaired) electrons. The van der Waals surface area contributed by atoms with Crippen LogP contribution in [0.3, 0.4) is 0 Å². The van der Waals surface area contributed by atoms with Gasteiger partial charge in [0.2, 0.25) is 5.78 Å². The highest BCUT2D eigenvalue weighted by atomic mass is 16.3. The molecule has 1 aliphatic heterocycles.